The summed E-state index contributed by atoms with van der Waals surface area (Å²) in [5, 5.41) is 3.08. The van der Waals surface area contributed by atoms with Crippen molar-refractivity contribution < 1.29 is 9.21 Å². The first-order chi connectivity index (χ1) is 9.55. The molecule has 0 unspecified atom stereocenters. The topological polar surface area (TPSA) is 68.3 Å². The van der Waals surface area contributed by atoms with E-state index in [1.54, 1.807) is 6.07 Å². The third-order valence-corrected chi connectivity index (χ3v) is 4.58. The Kier molecular flexibility index (Phi) is 5.05. The van der Waals surface area contributed by atoms with Crippen LogP contribution in [0.15, 0.2) is 16.7 Å². The van der Waals surface area contributed by atoms with Gasteiger partial charge in [0.25, 0.3) is 5.91 Å². The van der Waals surface area contributed by atoms with Crippen LogP contribution in [0.25, 0.3) is 0 Å². The van der Waals surface area contributed by atoms with Gasteiger partial charge in [0, 0.05) is 0 Å². The summed E-state index contributed by atoms with van der Waals surface area (Å²) in [6, 6.07) is 1.55. The lowest BCUT2D eigenvalue weighted by Gasteiger charge is -2.35. The highest BCUT2D eigenvalue weighted by Crippen LogP contribution is 2.28. The number of carbonyl (C=O) groups excluding carboxylic acids is 1. The molecule has 3 N–H and O–H groups in total. The van der Waals surface area contributed by atoms with E-state index in [2.05, 4.69) is 5.32 Å². The first-order valence-electron chi connectivity index (χ1n) is 6.90. The molecule has 0 saturated heterocycles. The fraction of sp³-hybridized carbons (Fsp3) is 0.571. The Morgan fingerprint density at radius 3 is 2.40 bits per heavy atom. The molecule has 1 heterocycles. The largest absolute Gasteiger partial charge is 0.452 e. The van der Waals surface area contributed by atoms with E-state index in [0.717, 1.165) is 38.5 Å². The number of amides is 1. The molecule has 1 aromatic heterocycles. The van der Waals surface area contributed by atoms with E-state index in [4.69, 9.17) is 34.0 Å². The monoisotopic (exact) mass is 314 g/mol. The van der Waals surface area contributed by atoms with Crippen molar-refractivity contribution in [3.63, 3.8) is 0 Å². The van der Waals surface area contributed by atoms with Crippen LogP contribution in [-0.4, -0.2) is 16.4 Å². The molecule has 1 aromatic rings. The van der Waals surface area contributed by atoms with Crippen molar-refractivity contribution in [2.75, 3.05) is 0 Å². The van der Waals surface area contributed by atoms with Crippen LogP contribution in [0.2, 0.25) is 5.22 Å². The average molecular weight is 315 g/mol. The van der Waals surface area contributed by atoms with Gasteiger partial charge in [-0.25, -0.2) is 0 Å². The highest BCUT2D eigenvalue weighted by molar-refractivity contribution is 7.80. The van der Waals surface area contributed by atoms with Crippen molar-refractivity contribution in [2.24, 2.45) is 5.73 Å². The second-order valence-electron chi connectivity index (χ2n) is 5.28. The lowest BCUT2D eigenvalue weighted by Crippen LogP contribution is -2.57. The van der Waals surface area contributed by atoms with Crippen LogP contribution in [0.4, 0.5) is 0 Å². The van der Waals surface area contributed by atoms with E-state index >= 15 is 0 Å². The Morgan fingerprint density at radius 1 is 1.30 bits per heavy atom. The second-order valence-corrected chi connectivity index (χ2v) is 6.06. The highest BCUT2D eigenvalue weighted by Gasteiger charge is 2.35. The summed E-state index contributed by atoms with van der Waals surface area (Å²) in [6.07, 6.45) is 8.50. The number of nitrogens with two attached hydrogens (primary N) is 1. The van der Waals surface area contributed by atoms with Gasteiger partial charge >= 0.3 is 0 Å². The molecule has 4 nitrogen and oxygen atoms in total. The Hall–Kier alpha value is -1.07. The van der Waals surface area contributed by atoms with Gasteiger partial charge < -0.3 is 15.5 Å². The summed E-state index contributed by atoms with van der Waals surface area (Å²) in [6.45, 7) is 0. The molecule has 0 aliphatic heterocycles. The number of nitrogens with one attached hydrogen (secondary N) is 1. The predicted octanol–water partition coefficient (Wildman–Crippen LogP) is 3.43. The molecule has 0 atom stereocenters. The average Bonchev–Trinajstić information content (AvgIpc) is 2.78. The fourth-order valence-corrected chi connectivity index (χ4v) is 3.14. The van der Waals surface area contributed by atoms with Crippen LogP contribution in [0.1, 0.15) is 55.3 Å². The lowest BCUT2D eigenvalue weighted by molar-refractivity contribution is 0.0912. The molecule has 0 spiro atoms. The van der Waals surface area contributed by atoms with E-state index in [9.17, 15) is 4.79 Å². The molecule has 0 aromatic carbocycles. The second kappa shape index (κ2) is 6.59. The summed E-state index contributed by atoms with van der Waals surface area (Å²) in [5.74, 6) is -0.280. The van der Waals surface area contributed by atoms with Crippen LogP contribution >= 0.6 is 23.8 Å². The Labute approximate surface area is 129 Å². The standard InChI is InChI=1S/C14H19ClN2O2S/c15-11-10(6-9-19-11)12(18)17-14(13(16)20)7-4-2-1-3-5-8-14/h6,9H,1-5,7-8H2,(H2,16,20)(H,17,18). The first-order valence-corrected chi connectivity index (χ1v) is 7.69. The number of hydrogen-bond donors (Lipinski definition) is 2. The first kappa shape index (κ1) is 15.3. The molecule has 20 heavy (non-hydrogen) atoms. The van der Waals surface area contributed by atoms with Gasteiger partial charge in [0.05, 0.1) is 22.4 Å². The zero-order valence-corrected chi connectivity index (χ0v) is 12.9. The Balaban J connectivity index is 2.17. The zero-order valence-electron chi connectivity index (χ0n) is 11.3. The summed E-state index contributed by atoms with van der Waals surface area (Å²) in [7, 11) is 0. The van der Waals surface area contributed by atoms with E-state index in [1.165, 1.54) is 12.7 Å². The lowest BCUT2D eigenvalue weighted by atomic mass is 9.83. The van der Waals surface area contributed by atoms with Crippen LogP contribution in [0.5, 0.6) is 0 Å². The quantitative estimate of drug-likeness (QED) is 0.839. The van der Waals surface area contributed by atoms with E-state index in [0.29, 0.717) is 10.6 Å². The molecule has 1 amide bonds. The zero-order chi connectivity index (χ0) is 14.6. The van der Waals surface area contributed by atoms with Crippen LogP contribution in [0.3, 0.4) is 0 Å². The minimum absolute atomic E-state index is 0.0893. The normalized spacial score (nSPS) is 18.9. The number of thiocarbonyl (C=S) groups is 1. The molecular weight excluding hydrogens is 296 g/mol. The molecule has 1 aliphatic carbocycles. The molecular formula is C14H19ClN2O2S. The fourth-order valence-electron chi connectivity index (χ4n) is 2.68. The van der Waals surface area contributed by atoms with Crippen LogP contribution in [-0.2, 0) is 0 Å². The van der Waals surface area contributed by atoms with Gasteiger partial charge in [0.1, 0.15) is 0 Å². The summed E-state index contributed by atoms with van der Waals surface area (Å²) >= 11 is 11.1. The van der Waals surface area contributed by atoms with Gasteiger partial charge in [0.15, 0.2) is 0 Å². The number of hydrogen-bond acceptors (Lipinski definition) is 3. The molecule has 0 bridgehead atoms. The summed E-state index contributed by atoms with van der Waals surface area (Å²) < 4.78 is 4.95. The van der Waals surface area contributed by atoms with Crippen molar-refractivity contribution in [1.82, 2.24) is 5.32 Å². The minimum atomic E-state index is -0.604. The van der Waals surface area contributed by atoms with Gasteiger partial charge in [-0.1, -0.05) is 44.3 Å². The van der Waals surface area contributed by atoms with Crippen molar-refractivity contribution in [3.05, 3.63) is 23.1 Å². The van der Waals surface area contributed by atoms with Gasteiger partial charge in [-0.05, 0) is 30.5 Å². The minimum Gasteiger partial charge on any atom is -0.452 e. The van der Waals surface area contributed by atoms with Crippen molar-refractivity contribution in [2.45, 2.75) is 50.5 Å². The maximum atomic E-state index is 12.3. The SMILES string of the molecule is NC(=S)C1(NC(=O)c2ccoc2Cl)CCCCCCC1. The molecule has 110 valence electrons. The van der Waals surface area contributed by atoms with Crippen LogP contribution < -0.4 is 11.1 Å². The number of halogens is 1. The molecule has 2 rings (SSSR count). The molecule has 6 heteroatoms. The Morgan fingerprint density at radius 2 is 1.90 bits per heavy atom. The smallest absolute Gasteiger partial charge is 0.256 e. The van der Waals surface area contributed by atoms with Gasteiger partial charge in [-0.2, -0.15) is 0 Å². The summed E-state index contributed by atoms with van der Waals surface area (Å²) in [5.41, 5.74) is 5.64. The van der Waals surface area contributed by atoms with E-state index in [1.807, 2.05) is 0 Å². The van der Waals surface area contributed by atoms with E-state index < -0.39 is 5.54 Å². The van der Waals surface area contributed by atoms with Gasteiger partial charge in [-0.3, -0.25) is 4.79 Å². The highest BCUT2D eigenvalue weighted by atomic mass is 35.5. The van der Waals surface area contributed by atoms with Crippen molar-refractivity contribution in [1.29, 1.82) is 0 Å². The third-order valence-electron chi connectivity index (χ3n) is 3.89. The Bertz CT molecular complexity index is 493. The van der Waals surface area contributed by atoms with Crippen LogP contribution in [0, 0.1) is 0 Å². The van der Waals surface area contributed by atoms with Crippen molar-refractivity contribution in [3.8, 4) is 0 Å². The molecule has 1 fully saturated rings. The van der Waals surface area contributed by atoms with Crippen molar-refractivity contribution >= 4 is 34.7 Å². The number of rotatable bonds is 3. The maximum Gasteiger partial charge on any atom is 0.256 e. The van der Waals surface area contributed by atoms with Gasteiger partial charge in [0.2, 0.25) is 5.22 Å². The number of carbonyl (C=O) groups is 1. The van der Waals surface area contributed by atoms with Gasteiger partial charge in [-0.15, -0.1) is 0 Å². The van der Waals surface area contributed by atoms with E-state index in [-0.39, 0.29) is 11.1 Å². The molecule has 0 radical (unpaired) electrons. The summed E-state index contributed by atoms with van der Waals surface area (Å²) in [4.78, 5) is 12.7. The molecule has 1 aliphatic rings. The number of furan rings is 1. The maximum absolute atomic E-state index is 12.3. The predicted molar refractivity (Wildman–Crippen MR) is 83.0 cm³/mol. The molecule has 1 saturated carbocycles. The third kappa shape index (κ3) is 3.33.